The molecule has 0 radical (unpaired) electrons. The number of rotatable bonds is 4. The van der Waals surface area contributed by atoms with Gasteiger partial charge in [-0.2, -0.15) is 0 Å². The first-order valence-electron chi connectivity index (χ1n) is 6.16. The topological polar surface area (TPSA) is 86.8 Å². The standard InChI is InChI=1S/C11H21N3O4S/c1-9(15)13(2)8-11(16)12-10-5-4-6-14(7-10)19(3,17)18/h10H,4-8H2,1-3H3,(H,12,16). The lowest BCUT2D eigenvalue weighted by Gasteiger charge is -2.31. The summed E-state index contributed by atoms with van der Waals surface area (Å²) in [5.74, 6) is -0.449. The summed E-state index contributed by atoms with van der Waals surface area (Å²) in [5, 5.41) is 2.77. The van der Waals surface area contributed by atoms with Crippen LogP contribution in [-0.4, -0.2) is 68.4 Å². The van der Waals surface area contributed by atoms with E-state index < -0.39 is 10.0 Å². The molecule has 7 nitrogen and oxygen atoms in total. The normalized spacial score (nSPS) is 20.9. The first-order chi connectivity index (χ1) is 8.70. The van der Waals surface area contributed by atoms with Crippen molar-refractivity contribution in [1.29, 1.82) is 0 Å². The van der Waals surface area contributed by atoms with E-state index in [-0.39, 0.29) is 24.4 Å². The van der Waals surface area contributed by atoms with Crippen molar-refractivity contribution in [2.24, 2.45) is 0 Å². The molecule has 19 heavy (non-hydrogen) atoms. The Balaban J connectivity index is 2.49. The first kappa shape index (κ1) is 15.9. The number of carbonyl (C=O) groups is 2. The lowest BCUT2D eigenvalue weighted by atomic mass is 10.1. The minimum absolute atomic E-state index is 0.00922. The van der Waals surface area contributed by atoms with Crippen molar-refractivity contribution in [1.82, 2.24) is 14.5 Å². The highest BCUT2D eigenvalue weighted by Gasteiger charge is 2.26. The summed E-state index contributed by atoms with van der Waals surface area (Å²) in [5.41, 5.74) is 0. The zero-order valence-electron chi connectivity index (χ0n) is 11.5. The van der Waals surface area contributed by atoms with Gasteiger partial charge < -0.3 is 10.2 Å². The molecule has 0 bridgehead atoms. The molecule has 1 aliphatic rings. The molecule has 1 heterocycles. The van der Waals surface area contributed by atoms with E-state index in [4.69, 9.17) is 0 Å². The highest BCUT2D eigenvalue weighted by molar-refractivity contribution is 7.88. The van der Waals surface area contributed by atoms with E-state index in [1.807, 2.05) is 0 Å². The van der Waals surface area contributed by atoms with Gasteiger partial charge in [-0.1, -0.05) is 0 Å². The van der Waals surface area contributed by atoms with Gasteiger partial charge in [-0.05, 0) is 12.8 Å². The third kappa shape index (κ3) is 5.15. The molecule has 0 spiro atoms. The van der Waals surface area contributed by atoms with Crippen molar-refractivity contribution >= 4 is 21.8 Å². The number of hydrogen-bond donors (Lipinski definition) is 1. The Labute approximate surface area is 114 Å². The van der Waals surface area contributed by atoms with Crippen LogP contribution < -0.4 is 5.32 Å². The number of carbonyl (C=O) groups excluding carboxylic acids is 2. The molecule has 1 rings (SSSR count). The molecule has 0 aromatic heterocycles. The summed E-state index contributed by atoms with van der Waals surface area (Å²) >= 11 is 0. The van der Waals surface area contributed by atoms with Crippen molar-refractivity contribution in [2.45, 2.75) is 25.8 Å². The fourth-order valence-corrected chi connectivity index (χ4v) is 2.87. The van der Waals surface area contributed by atoms with Crippen LogP contribution in [0, 0.1) is 0 Å². The predicted molar refractivity (Wildman–Crippen MR) is 70.9 cm³/mol. The number of hydrogen-bond acceptors (Lipinski definition) is 4. The Morgan fingerprint density at radius 1 is 1.42 bits per heavy atom. The summed E-state index contributed by atoms with van der Waals surface area (Å²) < 4.78 is 24.3. The van der Waals surface area contributed by atoms with Crippen LogP contribution in [0.3, 0.4) is 0 Å². The van der Waals surface area contributed by atoms with Gasteiger partial charge in [0.2, 0.25) is 21.8 Å². The largest absolute Gasteiger partial charge is 0.351 e. The molecular weight excluding hydrogens is 270 g/mol. The van der Waals surface area contributed by atoms with Gasteiger partial charge in [0.25, 0.3) is 0 Å². The van der Waals surface area contributed by atoms with Crippen LogP contribution in [0.4, 0.5) is 0 Å². The molecule has 1 aliphatic heterocycles. The van der Waals surface area contributed by atoms with Crippen molar-refractivity contribution in [3.8, 4) is 0 Å². The van der Waals surface area contributed by atoms with Crippen molar-refractivity contribution < 1.29 is 18.0 Å². The molecule has 0 aliphatic carbocycles. The quantitative estimate of drug-likeness (QED) is 0.720. The molecule has 1 saturated heterocycles. The van der Waals surface area contributed by atoms with Crippen LogP contribution >= 0.6 is 0 Å². The van der Waals surface area contributed by atoms with E-state index in [9.17, 15) is 18.0 Å². The lowest BCUT2D eigenvalue weighted by molar-refractivity contribution is -0.133. The summed E-state index contributed by atoms with van der Waals surface area (Å²) in [7, 11) is -1.67. The van der Waals surface area contributed by atoms with Crippen LogP contribution in [0.15, 0.2) is 0 Å². The van der Waals surface area contributed by atoms with Crippen LogP contribution in [-0.2, 0) is 19.6 Å². The fraction of sp³-hybridized carbons (Fsp3) is 0.818. The number of nitrogens with one attached hydrogen (secondary N) is 1. The van der Waals surface area contributed by atoms with Gasteiger partial charge >= 0.3 is 0 Å². The van der Waals surface area contributed by atoms with Gasteiger partial charge in [0.15, 0.2) is 0 Å². The van der Waals surface area contributed by atoms with Crippen molar-refractivity contribution in [3.05, 3.63) is 0 Å². The molecule has 0 aromatic carbocycles. The third-order valence-corrected chi connectivity index (χ3v) is 4.41. The molecule has 0 saturated carbocycles. The third-order valence-electron chi connectivity index (χ3n) is 3.14. The maximum absolute atomic E-state index is 11.7. The Hall–Kier alpha value is -1.15. The van der Waals surface area contributed by atoms with Gasteiger partial charge in [0.1, 0.15) is 0 Å². The van der Waals surface area contributed by atoms with Gasteiger partial charge in [0, 0.05) is 33.1 Å². The highest BCUT2D eigenvalue weighted by atomic mass is 32.2. The SMILES string of the molecule is CC(=O)N(C)CC(=O)NC1CCCN(S(C)(=O)=O)C1. The van der Waals surface area contributed by atoms with Crippen molar-refractivity contribution in [2.75, 3.05) is 32.9 Å². The van der Waals surface area contributed by atoms with Crippen LogP contribution in [0.25, 0.3) is 0 Å². The minimum Gasteiger partial charge on any atom is -0.351 e. The maximum atomic E-state index is 11.7. The number of likely N-dealkylation sites (N-methyl/N-ethyl adjacent to an activating group) is 1. The van der Waals surface area contributed by atoms with E-state index in [2.05, 4.69) is 5.32 Å². The molecular formula is C11H21N3O4S. The molecule has 8 heteroatoms. The Morgan fingerprint density at radius 3 is 2.58 bits per heavy atom. The number of amides is 2. The number of piperidine rings is 1. The van der Waals surface area contributed by atoms with E-state index in [1.165, 1.54) is 22.4 Å². The fourth-order valence-electron chi connectivity index (χ4n) is 1.96. The van der Waals surface area contributed by atoms with E-state index in [0.29, 0.717) is 13.1 Å². The Bertz CT molecular complexity index is 449. The van der Waals surface area contributed by atoms with Crippen molar-refractivity contribution in [3.63, 3.8) is 0 Å². The van der Waals surface area contributed by atoms with Crippen LogP contribution in [0.2, 0.25) is 0 Å². The lowest BCUT2D eigenvalue weighted by Crippen LogP contribution is -2.51. The molecule has 1 fully saturated rings. The second kappa shape index (κ2) is 6.33. The monoisotopic (exact) mass is 291 g/mol. The molecule has 1 atom stereocenters. The average molecular weight is 291 g/mol. The summed E-state index contributed by atoms with van der Waals surface area (Å²) in [4.78, 5) is 24.0. The number of nitrogens with zero attached hydrogens (tertiary/aromatic N) is 2. The maximum Gasteiger partial charge on any atom is 0.239 e. The Morgan fingerprint density at radius 2 is 2.05 bits per heavy atom. The highest BCUT2D eigenvalue weighted by Crippen LogP contribution is 2.12. The van der Waals surface area contributed by atoms with E-state index >= 15 is 0 Å². The molecule has 2 amide bonds. The molecule has 0 aromatic rings. The molecule has 110 valence electrons. The summed E-state index contributed by atoms with van der Waals surface area (Å²) in [6.07, 6.45) is 2.64. The minimum atomic E-state index is -3.21. The summed E-state index contributed by atoms with van der Waals surface area (Å²) in [6, 6.07) is -0.184. The van der Waals surface area contributed by atoms with Gasteiger partial charge in [-0.15, -0.1) is 0 Å². The van der Waals surface area contributed by atoms with Crippen LogP contribution in [0.1, 0.15) is 19.8 Å². The van der Waals surface area contributed by atoms with E-state index in [0.717, 1.165) is 12.8 Å². The van der Waals surface area contributed by atoms with Gasteiger partial charge in [-0.25, -0.2) is 12.7 Å². The predicted octanol–water partition coefficient (Wildman–Crippen LogP) is -0.995. The molecule has 1 N–H and O–H groups in total. The van der Waals surface area contributed by atoms with Gasteiger partial charge in [0.05, 0.1) is 12.8 Å². The van der Waals surface area contributed by atoms with E-state index in [1.54, 1.807) is 7.05 Å². The molecule has 1 unspecified atom stereocenters. The smallest absolute Gasteiger partial charge is 0.239 e. The van der Waals surface area contributed by atoms with Crippen LogP contribution in [0.5, 0.6) is 0 Å². The average Bonchev–Trinajstić information content (AvgIpc) is 2.27. The number of sulfonamides is 1. The second-order valence-electron chi connectivity index (χ2n) is 4.90. The second-order valence-corrected chi connectivity index (χ2v) is 6.89. The first-order valence-corrected chi connectivity index (χ1v) is 8.01. The van der Waals surface area contributed by atoms with Gasteiger partial charge in [-0.3, -0.25) is 9.59 Å². The Kier molecular flexibility index (Phi) is 5.30. The zero-order chi connectivity index (χ0) is 14.6. The summed E-state index contributed by atoms with van der Waals surface area (Å²) in [6.45, 7) is 2.18. The zero-order valence-corrected chi connectivity index (χ0v) is 12.4.